The van der Waals surface area contributed by atoms with Gasteiger partial charge in [-0.25, -0.2) is 4.39 Å². The van der Waals surface area contributed by atoms with Crippen molar-refractivity contribution in [2.24, 2.45) is 13.0 Å². The molecule has 5 nitrogen and oxygen atoms in total. The van der Waals surface area contributed by atoms with Crippen molar-refractivity contribution in [3.05, 3.63) is 47.0 Å². The second kappa shape index (κ2) is 8.34. The van der Waals surface area contributed by atoms with E-state index in [2.05, 4.69) is 10.4 Å². The van der Waals surface area contributed by atoms with E-state index in [1.54, 1.807) is 31.3 Å². The first-order valence-electron chi connectivity index (χ1n) is 9.23. The van der Waals surface area contributed by atoms with Crippen molar-refractivity contribution in [3.63, 3.8) is 0 Å². The summed E-state index contributed by atoms with van der Waals surface area (Å²) >= 11 is 0. The lowest BCUT2D eigenvalue weighted by Crippen LogP contribution is -2.25. The van der Waals surface area contributed by atoms with Gasteiger partial charge in [-0.15, -0.1) is 0 Å². The quantitative estimate of drug-likeness (QED) is 0.730. The molecular weight excluding hydrogens is 333 g/mol. The molecule has 1 saturated carbocycles. The third kappa shape index (κ3) is 4.42. The second-order valence-electron chi connectivity index (χ2n) is 6.99. The Labute approximate surface area is 153 Å². The molecule has 0 atom stereocenters. The molecule has 1 aromatic carbocycles. The number of amides is 1. The zero-order valence-corrected chi connectivity index (χ0v) is 15.4. The van der Waals surface area contributed by atoms with Crippen molar-refractivity contribution in [3.8, 4) is 5.75 Å². The van der Waals surface area contributed by atoms with Gasteiger partial charge < -0.3 is 10.1 Å². The Morgan fingerprint density at radius 2 is 2.23 bits per heavy atom. The minimum atomic E-state index is -0.405. The molecule has 1 fully saturated rings. The molecule has 1 aliphatic carbocycles. The molecule has 0 radical (unpaired) electrons. The van der Waals surface area contributed by atoms with E-state index in [0.717, 1.165) is 24.5 Å². The summed E-state index contributed by atoms with van der Waals surface area (Å²) in [5.41, 5.74) is 1.63. The Morgan fingerprint density at radius 1 is 1.42 bits per heavy atom. The number of ether oxygens (including phenoxy) is 1. The number of benzene rings is 1. The van der Waals surface area contributed by atoms with Crippen LogP contribution < -0.4 is 10.1 Å². The summed E-state index contributed by atoms with van der Waals surface area (Å²) in [6, 6.07) is 6.74. The van der Waals surface area contributed by atoms with Gasteiger partial charge in [0.2, 0.25) is 0 Å². The molecule has 3 rings (SSSR count). The molecule has 140 valence electrons. The van der Waals surface area contributed by atoms with Crippen LogP contribution in [0.2, 0.25) is 0 Å². The number of nitrogens with one attached hydrogen (secondary N) is 1. The Balaban J connectivity index is 1.52. The van der Waals surface area contributed by atoms with E-state index in [1.807, 2.05) is 6.92 Å². The summed E-state index contributed by atoms with van der Waals surface area (Å²) in [5.74, 6) is 0.402. The lowest BCUT2D eigenvalue weighted by Gasteiger charge is -2.25. The Bertz CT molecular complexity index is 768. The molecule has 0 bridgehead atoms. The Morgan fingerprint density at radius 3 is 2.88 bits per heavy atom. The summed E-state index contributed by atoms with van der Waals surface area (Å²) in [4.78, 5) is 12.2. The maximum atomic E-state index is 14.6. The Hall–Kier alpha value is -2.37. The average Bonchev–Trinajstić information content (AvgIpc) is 2.91. The Kier molecular flexibility index (Phi) is 5.91. The molecule has 1 amide bonds. The fourth-order valence-electron chi connectivity index (χ4n) is 3.23. The normalized spacial score (nSPS) is 14.1. The monoisotopic (exact) mass is 359 g/mol. The first-order chi connectivity index (χ1) is 12.5. The molecule has 0 aliphatic heterocycles. The van der Waals surface area contributed by atoms with Gasteiger partial charge in [-0.3, -0.25) is 9.48 Å². The van der Waals surface area contributed by atoms with Crippen LogP contribution in [0.4, 0.5) is 4.39 Å². The van der Waals surface area contributed by atoms with E-state index in [0.29, 0.717) is 17.9 Å². The lowest BCUT2D eigenvalue weighted by atomic mass is 9.82. The average molecular weight is 359 g/mol. The summed E-state index contributed by atoms with van der Waals surface area (Å²) in [6.07, 6.45) is 6.08. The SMILES string of the molecule is Cc1cc(C(=O)NCc2cccc(OCCCC3CCC3)c2F)n(C)n1. The molecule has 2 aromatic rings. The lowest BCUT2D eigenvalue weighted by molar-refractivity contribution is 0.0941. The molecule has 1 heterocycles. The number of nitrogens with zero attached hydrogens (tertiary/aromatic N) is 2. The summed E-state index contributed by atoms with van der Waals surface area (Å²) < 4.78 is 21.7. The second-order valence-corrected chi connectivity index (χ2v) is 6.99. The molecule has 1 aromatic heterocycles. The maximum absolute atomic E-state index is 14.6. The predicted molar refractivity (Wildman–Crippen MR) is 97.6 cm³/mol. The van der Waals surface area contributed by atoms with Crippen LogP contribution in [0.15, 0.2) is 24.3 Å². The highest BCUT2D eigenvalue weighted by molar-refractivity contribution is 5.92. The largest absolute Gasteiger partial charge is 0.491 e. The number of hydrogen-bond acceptors (Lipinski definition) is 3. The fourth-order valence-corrected chi connectivity index (χ4v) is 3.23. The van der Waals surface area contributed by atoms with Crippen LogP contribution in [-0.2, 0) is 13.6 Å². The van der Waals surface area contributed by atoms with Crippen molar-refractivity contribution >= 4 is 5.91 Å². The standard InChI is InChI=1S/C20H26FN3O2/c1-14-12-17(24(2)23-14)20(25)22-13-16-9-4-10-18(19(16)21)26-11-5-8-15-6-3-7-15/h4,9-10,12,15H,3,5-8,11,13H2,1-2H3,(H,22,25). The van der Waals surface area contributed by atoms with E-state index in [9.17, 15) is 9.18 Å². The molecule has 0 spiro atoms. The first-order valence-corrected chi connectivity index (χ1v) is 9.23. The highest BCUT2D eigenvalue weighted by atomic mass is 19.1. The minimum absolute atomic E-state index is 0.105. The summed E-state index contributed by atoms with van der Waals surface area (Å²) in [5, 5.41) is 6.88. The number of aryl methyl sites for hydroxylation is 2. The smallest absolute Gasteiger partial charge is 0.269 e. The van der Waals surface area contributed by atoms with Crippen LogP contribution in [0.25, 0.3) is 0 Å². The number of rotatable bonds is 8. The van der Waals surface area contributed by atoms with Crippen LogP contribution >= 0.6 is 0 Å². The summed E-state index contributed by atoms with van der Waals surface area (Å²) in [7, 11) is 1.71. The van der Waals surface area contributed by atoms with Gasteiger partial charge in [-0.05, 0) is 37.8 Å². The van der Waals surface area contributed by atoms with Gasteiger partial charge in [-0.2, -0.15) is 5.10 Å². The molecular formula is C20H26FN3O2. The van der Waals surface area contributed by atoms with Crippen LogP contribution in [0.5, 0.6) is 5.75 Å². The highest BCUT2D eigenvalue weighted by Gasteiger charge is 2.17. The van der Waals surface area contributed by atoms with Crippen molar-refractivity contribution in [2.75, 3.05) is 6.61 Å². The predicted octanol–water partition coefficient (Wildman–Crippen LogP) is 3.76. The van der Waals surface area contributed by atoms with Gasteiger partial charge in [0, 0.05) is 19.2 Å². The highest BCUT2D eigenvalue weighted by Crippen LogP contribution is 2.30. The van der Waals surface area contributed by atoms with Gasteiger partial charge in [0.25, 0.3) is 5.91 Å². The summed E-state index contributed by atoms with van der Waals surface area (Å²) in [6.45, 7) is 2.45. The number of halogens is 1. The number of hydrogen-bond donors (Lipinski definition) is 1. The molecule has 0 saturated heterocycles. The minimum Gasteiger partial charge on any atom is -0.491 e. The molecule has 26 heavy (non-hydrogen) atoms. The van der Waals surface area contributed by atoms with Crippen LogP contribution in [-0.4, -0.2) is 22.3 Å². The van der Waals surface area contributed by atoms with Gasteiger partial charge in [0.15, 0.2) is 11.6 Å². The van der Waals surface area contributed by atoms with E-state index in [-0.39, 0.29) is 18.2 Å². The molecule has 0 unspecified atom stereocenters. The first kappa shape index (κ1) is 18.4. The number of carbonyl (C=O) groups excluding carboxylic acids is 1. The molecule has 1 N–H and O–H groups in total. The number of aromatic nitrogens is 2. The van der Waals surface area contributed by atoms with Crippen molar-refractivity contribution in [2.45, 2.75) is 45.6 Å². The van der Waals surface area contributed by atoms with Crippen molar-refractivity contribution in [1.29, 1.82) is 0 Å². The van der Waals surface area contributed by atoms with E-state index in [4.69, 9.17) is 4.74 Å². The van der Waals surface area contributed by atoms with Gasteiger partial charge in [0.1, 0.15) is 5.69 Å². The van der Waals surface area contributed by atoms with Crippen LogP contribution in [0.1, 0.15) is 53.8 Å². The van der Waals surface area contributed by atoms with Crippen LogP contribution in [0, 0.1) is 18.7 Å². The van der Waals surface area contributed by atoms with E-state index in [1.165, 1.54) is 23.9 Å². The third-order valence-corrected chi connectivity index (χ3v) is 4.96. The molecule has 1 aliphatic rings. The zero-order valence-electron chi connectivity index (χ0n) is 15.4. The third-order valence-electron chi connectivity index (χ3n) is 4.96. The topological polar surface area (TPSA) is 56.1 Å². The maximum Gasteiger partial charge on any atom is 0.269 e. The van der Waals surface area contributed by atoms with Gasteiger partial charge in [-0.1, -0.05) is 31.4 Å². The van der Waals surface area contributed by atoms with Crippen molar-refractivity contribution < 1.29 is 13.9 Å². The zero-order chi connectivity index (χ0) is 18.5. The van der Waals surface area contributed by atoms with Crippen LogP contribution in [0.3, 0.4) is 0 Å². The van der Waals surface area contributed by atoms with Gasteiger partial charge in [0.05, 0.1) is 12.3 Å². The van der Waals surface area contributed by atoms with E-state index >= 15 is 0 Å². The van der Waals surface area contributed by atoms with Gasteiger partial charge >= 0.3 is 0 Å². The molecule has 6 heteroatoms. The van der Waals surface area contributed by atoms with Crippen molar-refractivity contribution in [1.82, 2.24) is 15.1 Å². The number of carbonyl (C=O) groups is 1. The van der Waals surface area contributed by atoms with E-state index < -0.39 is 5.82 Å². The fraction of sp³-hybridized carbons (Fsp3) is 0.500.